The van der Waals surface area contributed by atoms with E-state index in [2.05, 4.69) is 69.6 Å². The molecule has 0 bridgehead atoms. The summed E-state index contributed by atoms with van der Waals surface area (Å²) in [7, 11) is 0. The predicted octanol–water partition coefficient (Wildman–Crippen LogP) is 3.37. The third-order valence-electron chi connectivity index (χ3n) is 3.21. The van der Waals surface area contributed by atoms with E-state index in [9.17, 15) is 0 Å². The summed E-state index contributed by atoms with van der Waals surface area (Å²) >= 11 is 0. The second-order valence-corrected chi connectivity index (χ2v) is 6.50. The molecule has 112 valence electrons. The smallest absolute Gasteiger partial charge is 0.0548 e. The molecule has 1 N–H and O–H groups in total. The molecule has 0 aromatic carbocycles. The zero-order valence-corrected chi connectivity index (χ0v) is 13.6. The fourth-order valence-corrected chi connectivity index (χ4v) is 1.95. The Balaban J connectivity index is 2.75. The molecule has 20 heavy (non-hydrogen) atoms. The lowest BCUT2D eigenvalue weighted by Gasteiger charge is -2.34. The molecule has 0 aliphatic carbocycles. The first-order valence-corrected chi connectivity index (χ1v) is 7.37. The standard InChI is InChI=1S/C17H29N3/c1-7-11-20(17(4,5)6)13-16-10-8-9-15(19-16)12-18-14(2)3/h7-10,14,18H,1,11-13H2,2-6H3. The van der Waals surface area contributed by atoms with Crippen molar-refractivity contribution in [2.75, 3.05) is 6.54 Å². The summed E-state index contributed by atoms with van der Waals surface area (Å²) in [5.74, 6) is 0. The van der Waals surface area contributed by atoms with Crippen molar-refractivity contribution < 1.29 is 0 Å². The molecule has 0 saturated carbocycles. The highest BCUT2D eigenvalue weighted by Crippen LogP contribution is 2.16. The molecule has 0 amide bonds. The van der Waals surface area contributed by atoms with Crippen molar-refractivity contribution in [1.82, 2.24) is 15.2 Å². The van der Waals surface area contributed by atoms with Crippen LogP contribution >= 0.6 is 0 Å². The van der Waals surface area contributed by atoms with Crippen LogP contribution in [0.5, 0.6) is 0 Å². The van der Waals surface area contributed by atoms with E-state index in [1.807, 2.05) is 6.08 Å². The lowest BCUT2D eigenvalue weighted by Crippen LogP contribution is -2.41. The molecule has 0 aliphatic rings. The first kappa shape index (κ1) is 16.9. The fourth-order valence-electron chi connectivity index (χ4n) is 1.95. The first-order chi connectivity index (χ1) is 9.32. The SMILES string of the molecule is C=CCN(Cc1cccc(CNC(C)C)n1)C(C)(C)C. The number of aromatic nitrogens is 1. The van der Waals surface area contributed by atoms with Gasteiger partial charge in [0.1, 0.15) is 0 Å². The topological polar surface area (TPSA) is 28.2 Å². The number of nitrogens with one attached hydrogen (secondary N) is 1. The Kier molecular flexibility index (Phi) is 6.37. The molecule has 3 nitrogen and oxygen atoms in total. The summed E-state index contributed by atoms with van der Waals surface area (Å²) in [5.41, 5.74) is 2.33. The van der Waals surface area contributed by atoms with Crippen LogP contribution < -0.4 is 5.32 Å². The molecule has 0 radical (unpaired) electrons. The van der Waals surface area contributed by atoms with Gasteiger partial charge in [-0.3, -0.25) is 9.88 Å². The van der Waals surface area contributed by atoms with Crippen LogP contribution in [0.2, 0.25) is 0 Å². The van der Waals surface area contributed by atoms with Crippen LogP contribution in [-0.4, -0.2) is 28.0 Å². The van der Waals surface area contributed by atoms with Gasteiger partial charge in [0.2, 0.25) is 0 Å². The van der Waals surface area contributed by atoms with Crippen LogP contribution in [0.15, 0.2) is 30.9 Å². The van der Waals surface area contributed by atoms with Crippen molar-refractivity contribution in [3.8, 4) is 0 Å². The number of rotatable bonds is 7. The molecule has 1 aromatic rings. The van der Waals surface area contributed by atoms with Gasteiger partial charge >= 0.3 is 0 Å². The Morgan fingerprint density at radius 2 is 1.95 bits per heavy atom. The maximum atomic E-state index is 4.74. The highest BCUT2D eigenvalue weighted by molar-refractivity contribution is 5.12. The average Bonchev–Trinajstić information content (AvgIpc) is 2.35. The highest BCUT2D eigenvalue weighted by Gasteiger charge is 2.20. The third-order valence-corrected chi connectivity index (χ3v) is 3.21. The van der Waals surface area contributed by atoms with Gasteiger partial charge in [-0.2, -0.15) is 0 Å². The maximum absolute atomic E-state index is 4.74. The zero-order valence-electron chi connectivity index (χ0n) is 13.6. The molecule has 3 heteroatoms. The molecule has 0 saturated heterocycles. The van der Waals surface area contributed by atoms with Crippen LogP contribution in [0.25, 0.3) is 0 Å². The van der Waals surface area contributed by atoms with Gasteiger partial charge in [-0.1, -0.05) is 26.0 Å². The summed E-state index contributed by atoms with van der Waals surface area (Å²) in [6.45, 7) is 17.4. The third kappa shape index (κ3) is 5.85. The fraction of sp³-hybridized carbons (Fsp3) is 0.588. The van der Waals surface area contributed by atoms with Crippen molar-refractivity contribution >= 4 is 0 Å². The van der Waals surface area contributed by atoms with Crippen molar-refractivity contribution in [1.29, 1.82) is 0 Å². The Hall–Kier alpha value is -1.19. The molecule has 1 heterocycles. The van der Waals surface area contributed by atoms with Crippen molar-refractivity contribution in [2.24, 2.45) is 0 Å². The van der Waals surface area contributed by atoms with E-state index >= 15 is 0 Å². The van der Waals surface area contributed by atoms with Gasteiger partial charge in [0.05, 0.1) is 11.4 Å². The van der Waals surface area contributed by atoms with Gasteiger partial charge in [0.15, 0.2) is 0 Å². The lowest BCUT2D eigenvalue weighted by molar-refractivity contribution is 0.143. The Bertz CT molecular complexity index is 418. The molecule has 1 rings (SSSR count). The van der Waals surface area contributed by atoms with Crippen LogP contribution in [0.1, 0.15) is 46.0 Å². The van der Waals surface area contributed by atoms with Gasteiger partial charge in [-0.05, 0) is 32.9 Å². The van der Waals surface area contributed by atoms with E-state index in [1.54, 1.807) is 0 Å². The summed E-state index contributed by atoms with van der Waals surface area (Å²) < 4.78 is 0. The van der Waals surface area contributed by atoms with E-state index in [0.717, 1.165) is 31.0 Å². The second-order valence-electron chi connectivity index (χ2n) is 6.50. The zero-order chi connectivity index (χ0) is 15.2. The van der Waals surface area contributed by atoms with Crippen molar-refractivity contribution in [2.45, 2.75) is 59.3 Å². The van der Waals surface area contributed by atoms with Crippen LogP contribution in [-0.2, 0) is 13.1 Å². The summed E-state index contributed by atoms with van der Waals surface area (Å²) in [6, 6.07) is 6.75. The van der Waals surface area contributed by atoms with Crippen LogP contribution in [0.4, 0.5) is 0 Å². The largest absolute Gasteiger partial charge is 0.309 e. The van der Waals surface area contributed by atoms with Gasteiger partial charge in [-0.25, -0.2) is 0 Å². The Morgan fingerprint density at radius 3 is 2.50 bits per heavy atom. The second kappa shape index (κ2) is 7.55. The molecular formula is C17H29N3. The monoisotopic (exact) mass is 275 g/mol. The highest BCUT2D eigenvalue weighted by atomic mass is 15.2. The molecule has 1 aromatic heterocycles. The van der Waals surface area contributed by atoms with E-state index in [0.29, 0.717) is 6.04 Å². The summed E-state index contributed by atoms with van der Waals surface area (Å²) in [6.07, 6.45) is 1.95. The molecule has 0 fully saturated rings. The quantitative estimate of drug-likeness (QED) is 0.773. The van der Waals surface area contributed by atoms with Gasteiger partial charge in [0, 0.05) is 31.2 Å². The number of hydrogen-bond acceptors (Lipinski definition) is 3. The Labute approximate surface area is 124 Å². The first-order valence-electron chi connectivity index (χ1n) is 7.37. The number of nitrogens with zero attached hydrogens (tertiary/aromatic N) is 2. The molecule has 0 aliphatic heterocycles. The van der Waals surface area contributed by atoms with E-state index < -0.39 is 0 Å². The van der Waals surface area contributed by atoms with E-state index in [1.165, 1.54) is 0 Å². The predicted molar refractivity (Wildman–Crippen MR) is 86.6 cm³/mol. The molecule has 0 atom stereocenters. The molecule has 0 spiro atoms. The van der Waals surface area contributed by atoms with Crippen LogP contribution in [0, 0.1) is 0 Å². The minimum atomic E-state index is 0.113. The lowest BCUT2D eigenvalue weighted by atomic mass is 10.1. The average molecular weight is 275 g/mol. The van der Waals surface area contributed by atoms with Gasteiger partial charge in [0.25, 0.3) is 0 Å². The number of pyridine rings is 1. The van der Waals surface area contributed by atoms with E-state index in [4.69, 9.17) is 4.98 Å². The molecular weight excluding hydrogens is 246 g/mol. The van der Waals surface area contributed by atoms with Gasteiger partial charge in [-0.15, -0.1) is 6.58 Å². The minimum Gasteiger partial charge on any atom is -0.309 e. The van der Waals surface area contributed by atoms with Crippen molar-refractivity contribution in [3.63, 3.8) is 0 Å². The summed E-state index contributed by atoms with van der Waals surface area (Å²) in [4.78, 5) is 7.12. The maximum Gasteiger partial charge on any atom is 0.0548 e. The van der Waals surface area contributed by atoms with Gasteiger partial charge < -0.3 is 5.32 Å². The Morgan fingerprint density at radius 1 is 1.30 bits per heavy atom. The minimum absolute atomic E-state index is 0.113. The van der Waals surface area contributed by atoms with Crippen molar-refractivity contribution in [3.05, 3.63) is 42.2 Å². The molecule has 0 unspecified atom stereocenters. The van der Waals surface area contributed by atoms with E-state index in [-0.39, 0.29) is 5.54 Å². The summed E-state index contributed by atoms with van der Waals surface area (Å²) in [5, 5.41) is 3.41. The van der Waals surface area contributed by atoms with Crippen LogP contribution in [0.3, 0.4) is 0 Å². The number of hydrogen-bond donors (Lipinski definition) is 1. The normalized spacial score (nSPS) is 12.2.